The highest BCUT2D eigenvalue weighted by atomic mass is 35.5. The lowest BCUT2D eigenvalue weighted by atomic mass is 10.1. The van der Waals surface area contributed by atoms with E-state index in [1.807, 2.05) is 36.6 Å². The van der Waals surface area contributed by atoms with E-state index in [-0.39, 0.29) is 5.97 Å². The molecule has 0 aliphatic carbocycles. The van der Waals surface area contributed by atoms with Gasteiger partial charge in [-0.25, -0.2) is 4.79 Å². The largest absolute Gasteiger partial charge is 0.462 e. The molecule has 0 spiro atoms. The van der Waals surface area contributed by atoms with E-state index < -0.39 is 0 Å². The van der Waals surface area contributed by atoms with Gasteiger partial charge in [-0.1, -0.05) is 11.6 Å². The predicted molar refractivity (Wildman–Crippen MR) is 67.8 cm³/mol. The predicted octanol–water partition coefficient (Wildman–Crippen LogP) is 3.39. The quantitative estimate of drug-likeness (QED) is 0.605. The zero-order valence-corrected chi connectivity index (χ0v) is 10.8. The van der Waals surface area contributed by atoms with Gasteiger partial charge in [0, 0.05) is 6.20 Å². The van der Waals surface area contributed by atoms with Crippen molar-refractivity contribution in [3.05, 3.63) is 40.2 Å². The molecule has 17 heavy (non-hydrogen) atoms. The summed E-state index contributed by atoms with van der Waals surface area (Å²) in [4.78, 5) is 11.8. The summed E-state index contributed by atoms with van der Waals surface area (Å²) in [6, 6.07) is 3.80. The number of hydrogen-bond donors (Lipinski definition) is 0. The second kappa shape index (κ2) is 4.41. The second-order valence-corrected chi connectivity index (χ2v) is 4.31. The monoisotopic (exact) mass is 251 g/mol. The van der Waals surface area contributed by atoms with E-state index in [0.29, 0.717) is 17.3 Å². The number of aryl methyl sites for hydroxylation is 1. The first-order valence-corrected chi connectivity index (χ1v) is 5.88. The van der Waals surface area contributed by atoms with Crippen LogP contribution in [0.15, 0.2) is 18.3 Å². The summed E-state index contributed by atoms with van der Waals surface area (Å²) >= 11 is 6.24. The number of hydrogen-bond acceptors (Lipinski definition) is 2. The van der Waals surface area contributed by atoms with Gasteiger partial charge in [0.15, 0.2) is 0 Å². The molecular weight excluding hydrogens is 238 g/mol. The van der Waals surface area contributed by atoms with Gasteiger partial charge in [0.25, 0.3) is 0 Å². The van der Waals surface area contributed by atoms with Crippen molar-refractivity contribution < 1.29 is 9.53 Å². The summed E-state index contributed by atoms with van der Waals surface area (Å²) < 4.78 is 6.89. The number of carbonyl (C=O) groups excluding carboxylic acids is 1. The molecule has 0 fully saturated rings. The fourth-order valence-electron chi connectivity index (χ4n) is 1.85. The molecule has 90 valence electrons. The molecule has 2 rings (SSSR count). The number of aromatic nitrogens is 1. The van der Waals surface area contributed by atoms with E-state index in [1.54, 1.807) is 6.92 Å². The number of fused-ring (bicyclic) bond motifs is 1. The molecule has 0 aliphatic rings. The minimum Gasteiger partial charge on any atom is -0.462 e. The Kier molecular flexibility index (Phi) is 3.11. The maximum atomic E-state index is 11.8. The highest BCUT2D eigenvalue weighted by Gasteiger charge is 2.16. The molecule has 2 aromatic heterocycles. The van der Waals surface area contributed by atoms with Crippen LogP contribution in [0.3, 0.4) is 0 Å². The van der Waals surface area contributed by atoms with Crippen LogP contribution in [-0.2, 0) is 4.74 Å². The standard InChI is InChI=1S/C13H14ClNO2/c1-4-17-13(16)10-7-11-8(2)5-6-15(11)12(14)9(10)3/h5-7H,4H2,1-3H3. The molecule has 3 nitrogen and oxygen atoms in total. The van der Waals surface area contributed by atoms with Gasteiger partial charge in [-0.3, -0.25) is 0 Å². The number of esters is 1. The van der Waals surface area contributed by atoms with Crippen LogP contribution in [0, 0.1) is 13.8 Å². The Morgan fingerprint density at radius 2 is 2.18 bits per heavy atom. The smallest absolute Gasteiger partial charge is 0.338 e. The molecule has 0 atom stereocenters. The third-order valence-electron chi connectivity index (χ3n) is 2.84. The Labute approximate surface area is 105 Å². The van der Waals surface area contributed by atoms with Gasteiger partial charge in [-0.2, -0.15) is 0 Å². The van der Waals surface area contributed by atoms with Gasteiger partial charge in [0.2, 0.25) is 0 Å². The zero-order chi connectivity index (χ0) is 12.6. The van der Waals surface area contributed by atoms with Gasteiger partial charge >= 0.3 is 5.97 Å². The summed E-state index contributed by atoms with van der Waals surface area (Å²) in [5.74, 6) is -0.324. The maximum Gasteiger partial charge on any atom is 0.338 e. The molecule has 2 aromatic rings. The average molecular weight is 252 g/mol. The van der Waals surface area contributed by atoms with Crippen molar-refractivity contribution in [2.24, 2.45) is 0 Å². The molecule has 0 aliphatic heterocycles. The lowest BCUT2D eigenvalue weighted by Crippen LogP contribution is -2.08. The van der Waals surface area contributed by atoms with Crippen molar-refractivity contribution in [3.63, 3.8) is 0 Å². The molecule has 0 amide bonds. The van der Waals surface area contributed by atoms with Crippen molar-refractivity contribution in [3.8, 4) is 0 Å². The molecule has 0 radical (unpaired) electrons. The number of carbonyl (C=O) groups is 1. The number of pyridine rings is 1. The number of halogens is 1. The molecule has 4 heteroatoms. The molecule has 0 aromatic carbocycles. The van der Waals surface area contributed by atoms with Crippen molar-refractivity contribution in [1.82, 2.24) is 4.40 Å². The third-order valence-corrected chi connectivity index (χ3v) is 3.30. The highest BCUT2D eigenvalue weighted by Crippen LogP contribution is 2.25. The van der Waals surface area contributed by atoms with Crippen molar-refractivity contribution in [2.45, 2.75) is 20.8 Å². The lowest BCUT2D eigenvalue weighted by molar-refractivity contribution is 0.0525. The number of nitrogens with zero attached hydrogens (tertiary/aromatic N) is 1. The fourth-order valence-corrected chi connectivity index (χ4v) is 2.10. The minimum absolute atomic E-state index is 0.324. The summed E-state index contributed by atoms with van der Waals surface area (Å²) in [6.45, 7) is 5.95. The van der Waals surface area contributed by atoms with Crippen LogP contribution in [0.4, 0.5) is 0 Å². The first-order valence-electron chi connectivity index (χ1n) is 5.50. The Balaban J connectivity index is 2.68. The molecule has 2 heterocycles. The first-order chi connectivity index (χ1) is 8.06. The van der Waals surface area contributed by atoms with Crippen LogP contribution in [0.25, 0.3) is 5.52 Å². The molecule has 0 saturated heterocycles. The van der Waals surface area contributed by atoms with Gasteiger partial charge in [0.05, 0.1) is 17.7 Å². The Bertz CT molecular complexity index is 587. The zero-order valence-electron chi connectivity index (χ0n) is 10.1. The normalized spacial score (nSPS) is 10.8. The maximum absolute atomic E-state index is 11.8. The summed E-state index contributed by atoms with van der Waals surface area (Å²) in [5.41, 5.74) is 3.29. The van der Waals surface area contributed by atoms with E-state index in [2.05, 4.69) is 0 Å². The van der Waals surface area contributed by atoms with E-state index in [9.17, 15) is 4.79 Å². The van der Waals surface area contributed by atoms with Crippen LogP contribution >= 0.6 is 11.6 Å². The highest BCUT2D eigenvalue weighted by molar-refractivity contribution is 6.31. The summed E-state index contributed by atoms with van der Waals surface area (Å²) in [7, 11) is 0. The summed E-state index contributed by atoms with van der Waals surface area (Å²) in [6.07, 6.45) is 1.90. The van der Waals surface area contributed by atoms with Crippen LogP contribution in [0.2, 0.25) is 5.15 Å². The molecular formula is C13H14ClNO2. The molecule has 0 N–H and O–H groups in total. The number of rotatable bonds is 2. The van der Waals surface area contributed by atoms with Crippen LogP contribution in [0.5, 0.6) is 0 Å². The topological polar surface area (TPSA) is 30.7 Å². The molecule has 0 saturated carbocycles. The van der Waals surface area contributed by atoms with E-state index >= 15 is 0 Å². The van der Waals surface area contributed by atoms with Crippen molar-refractivity contribution in [2.75, 3.05) is 6.61 Å². The van der Waals surface area contributed by atoms with Gasteiger partial charge in [0.1, 0.15) is 5.15 Å². The Hall–Kier alpha value is -1.48. The van der Waals surface area contributed by atoms with Gasteiger partial charge in [-0.05, 0) is 44.0 Å². The van der Waals surface area contributed by atoms with E-state index in [1.165, 1.54) is 0 Å². The summed E-state index contributed by atoms with van der Waals surface area (Å²) in [5, 5.41) is 0.554. The first kappa shape index (κ1) is 12.0. The van der Waals surface area contributed by atoms with Crippen LogP contribution in [0.1, 0.15) is 28.4 Å². The van der Waals surface area contributed by atoms with Crippen LogP contribution < -0.4 is 0 Å². The van der Waals surface area contributed by atoms with Gasteiger partial charge < -0.3 is 9.14 Å². The minimum atomic E-state index is -0.324. The van der Waals surface area contributed by atoms with Gasteiger partial charge in [-0.15, -0.1) is 0 Å². The van der Waals surface area contributed by atoms with Crippen molar-refractivity contribution >= 4 is 23.1 Å². The third kappa shape index (κ3) is 1.91. The van der Waals surface area contributed by atoms with Crippen LogP contribution in [-0.4, -0.2) is 17.0 Å². The van der Waals surface area contributed by atoms with Crippen molar-refractivity contribution in [1.29, 1.82) is 0 Å². The molecule has 0 bridgehead atoms. The van der Waals surface area contributed by atoms with E-state index in [0.717, 1.165) is 16.6 Å². The average Bonchev–Trinajstić information content (AvgIpc) is 2.66. The lowest BCUT2D eigenvalue weighted by Gasteiger charge is -2.10. The Morgan fingerprint density at radius 3 is 2.82 bits per heavy atom. The molecule has 0 unspecified atom stereocenters. The second-order valence-electron chi connectivity index (χ2n) is 3.95. The Morgan fingerprint density at radius 1 is 1.47 bits per heavy atom. The SMILES string of the molecule is CCOC(=O)c1cc2c(C)ccn2c(Cl)c1C. The number of ether oxygens (including phenoxy) is 1. The fraction of sp³-hybridized carbons (Fsp3) is 0.308. The van der Waals surface area contributed by atoms with E-state index in [4.69, 9.17) is 16.3 Å².